The van der Waals surface area contributed by atoms with Gasteiger partial charge in [0.15, 0.2) is 0 Å². The molecular formula is C16H19N5O3. The highest BCUT2D eigenvalue weighted by Gasteiger charge is 2.22. The van der Waals surface area contributed by atoms with Crippen LogP contribution in [0.5, 0.6) is 0 Å². The summed E-state index contributed by atoms with van der Waals surface area (Å²) in [6.45, 7) is -0.0442. The number of nitrogens with zero attached hydrogens (tertiary/aromatic N) is 2. The van der Waals surface area contributed by atoms with Crippen LogP contribution in [0.25, 0.3) is 0 Å². The minimum atomic E-state index is -1.02. The number of aromatic amines is 1. The van der Waals surface area contributed by atoms with E-state index in [9.17, 15) is 14.7 Å². The van der Waals surface area contributed by atoms with Crippen molar-refractivity contribution in [3.63, 3.8) is 0 Å². The van der Waals surface area contributed by atoms with E-state index < -0.39 is 12.0 Å². The molecule has 0 aliphatic heterocycles. The van der Waals surface area contributed by atoms with Crippen molar-refractivity contribution in [3.05, 3.63) is 51.2 Å². The zero-order chi connectivity index (χ0) is 17.1. The first-order valence-electron chi connectivity index (χ1n) is 7.85. The molecule has 0 fully saturated rings. The lowest BCUT2D eigenvalue weighted by Gasteiger charge is -2.18. The van der Waals surface area contributed by atoms with Gasteiger partial charge in [0.25, 0.3) is 5.91 Å². The quantitative estimate of drug-likeness (QED) is 0.628. The number of rotatable bonds is 4. The summed E-state index contributed by atoms with van der Waals surface area (Å²) in [7, 11) is 0. The van der Waals surface area contributed by atoms with Crippen molar-refractivity contribution in [2.75, 3.05) is 12.3 Å². The molecule has 0 radical (unpaired) electrons. The van der Waals surface area contributed by atoms with Crippen molar-refractivity contribution in [3.8, 4) is 0 Å². The average molecular weight is 329 g/mol. The van der Waals surface area contributed by atoms with Gasteiger partial charge in [-0.05, 0) is 31.7 Å². The Hall–Kier alpha value is -2.74. The van der Waals surface area contributed by atoms with Gasteiger partial charge in [0, 0.05) is 29.6 Å². The van der Waals surface area contributed by atoms with E-state index in [1.165, 1.54) is 6.07 Å². The predicted octanol–water partition coefficient (Wildman–Crippen LogP) is 0.0893. The second kappa shape index (κ2) is 6.79. The molecule has 3 rings (SSSR count). The lowest BCUT2D eigenvalue weighted by Crippen LogP contribution is -2.31. The van der Waals surface area contributed by atoms with Crippen LogP contribution in [0.15, 0.2) is 23.0 Å². The Balaban J connectivity index is 1.74. The number of hydrogen-bond acceptors (Lipinski definition) is 6. The number of nitrogens with two attached hydrogens (primary N) is 1. The molecule has 126 valence electrons. The smallest absolute Gasteiger partial charge is 0.270 e. The van der Waals surface area contributed by atoms with E-state index in [-0.39, 0.29) is 23.7 Å². The Morgan fingerprint density at radius 2 is 2.12 bits per heavy atom. The van der Waals surface area contributed by atoms with Crippen molar-refractivity contribution in [2.24, 2.45) is 0 Å². The first-order chi connectivity index (χ1) is 11.5. The van der Waals surface area contributed by atoms with E-state index in [0.717, 1.165) is 36.9 Å². The molecule has 0 saturated carbocycles. The highest BCUT2D eigenvalue weighted by atomic mass is 16.3. The predicted molar refractivity (Wildman–Crippen MR) is 87.4 cm³/mol. The van der Waals surface area contributed by atoms with E-state index >= 15 is 0 Å². The number of H-pyrrole nitrogens is 1. The molecule has 1 aliphatic carbocycles. The number of nitrogens with one attached hydrogen (secondary N) is 2. The van der Waals surface area contributed by atoms with Gasteiger partial charge in [0.05, 0.1) is 0 Å². The van der Waals surface area contributed by atoms with Gasteiger partial charge in [-0.2, -0.15) is 0 Å². The largest absolute Gasteiger partial charge is 0.385 e. The minimum absolute atomic E-state index is 0.0442. The molecule has 1 amide bonds. The van der Waals surface area contributed by atoms with Crippen LogP contribution in [0.1, 0.15) is 46.4 Å². The van der Waals surface area contributed by atoms with Gasteiger partial charge in [-0.1, -0.05) is 6.07 Å². The Labute approximate surface area is 138 Å². The fraction of sp³-hybridized carbons (Fsp3) is 0.375. The van der Waals surface area contributed by atoms with Gasteiger partial charge in [-0.15, -0.1) is 0 Å². The SMILES string of the molecule is Nc1nc2c(c(C(=O)NCC(O)c3cccc(=O)[nH]3)n1)CCCC2. The van der Waals surface area contributed by atoms with Crippen LogP contribution in [0, 0.1) is 0 Å². The summed E-state index contributed by atoms with van der Waals surface area (Å²) in [6.07, 6.45) is 2.51. The maximum Gasteiger partial charge on any atom is 0.270 e. The summed E-state index contributed by atoms with van der Waals surface area (Å²) in [5.74, 6) is -0.326. The normalized spacial score (nSPS) is 14.7. The summed E-state index contributed by atoms with van der Waals surface area (Å²) < 4.78 is 0. The van der Waals surface area contributed by atoms with Gasteiger partial charge in [0.2, 0.25) is 11.5 Å². The number of aliphatic hydroxyl groups excluding tert-OH is 1. The number of fused-ring (bicyclic) bond motifs is 1. The Morgan fingerprint density at radius 3 is 2.92 bits per heavy atom. The minimum Gasteiger partial charge on any atom is -0.385 e. The van der Waals surface area contributed by atoms with Crippen LogP contribution in [0.4, 0.5) is 5.95 Å². The molecule has 2 aromatic rings. The average Bonchev–Trinajstić information content (AvgIpc) is 2.58. The van der Waals surface area contributed by atoms with Crippen molar-refractivity contribution in [1.82, 2.24) is 20.3 Å². The van der Waals surface area contributed by atoms with Crippen LogP contribution in [0.3, 0.4) is 0 Å². The van der Waals surface area contributed by atoms with Gasteiger partial charge in [0.1, 0.15) is 11.8 Å². The first kappa shape index (κ1) is 16.1. The molecule has 24 heavy (non-hydrogen) atoms. The van der Waals surface area contributed by atoms with Crippen LogP contribution < -0.4 is 16.6 Å². The molecule has 2 aromatic heterocycles. The van der Waals surface area contributed by atoms with Crippen LogP contribution in [-0.2, 0) is 12.8 Å². The van der Waals surface area contributed by atoms with Gasteiger partial charge in [-0.25, -0.2) is 9.97 Å². The van der Waals surface area contributed by atoms with E-state index in [0.29, 0.717) is 5.69 Å². The van der Waals surface area contributed by atoms with E-state index in [2.05, 4.69) is 20.3 Å². The fourth-order valence-corrected chi connectivity index (χ4v) is 2.84. The Morgan fingerprint density at radius 1 is 1.33 bits per heavy atom. The molecule has 1 atom stereocenters. The summed E-state index contributed by atoms with van der Waals surface area (Å²) >= 11 is 0. The van der Waals surface area contributed by atoms with Crippen LogP contribution in [-0.4, -0.2) is 32.5 Å². The number of anilines is 1. The summed E-state index contributed by atoms with van der Waals surface area (Å²) in [4.78, 5) is 34.5. The molecule has 0 bridgehead atoms. The number of aliphatic hydroxyl groups is 1. The molecule has 8 heteroatoms. The third kappa shape index (κ3) is 3.43. The van der Waals surface area contributed by atoms with Crippen molar-refractivity contribution in [2.45, 2.75) is 31.8 Å². The van der Waals surface area contributed by atoms with Crippen molar-refractivity contribution < 1.29 is 9.90 Å². The fourth-order valence-electron chi connectivity index (χ4n) is 2.84. The summed E-state index contributed by atoms with van der Waals surface area (Å²) in [5, 5.41) is 12.7. The molecule has 5 N–H and O–H groups in total. The maximum atomic E-state index is 12.4. The number of carbonyl (C=O) groups excluding carboxylic acids is 1. The topological polar surface area (TPSA) is 134 Å². The summed E-state index contributed by atoms with van der Waals surface area (Å²) in [6, 6.07) is 4.48. The number of aryl methyl sites for hydroxylation is 1. The zero-order valence-electron chi connectivity index (χ0n) is 13.1. The summed E-state index contributed by atoms with van der Waals surface area (Å²) in [5.41, 5.74) is 7.65. The number of carbonyl (C=O) groups is 1. The Kier molecular flexibility index (Phi) is 4.57. The Bertz CT molecular complexity index is 818. The standard InChI is InChI=1S/C16H19N5O3/c17-16-20-10-5-2-1-4-9(10)14(21-16)15(24)18-8-12(22)11-6-3-7-13(23)19-11/h3,6-7,12,22H,1-2,4-5,8H2,(H,18,24)(H,19,23)(H2,17,20,21). The van der Waals surface area contributed by atoms with Gasteiger partial charge in [-0.3, -0.25) is 9.59 Å². The monoisotopic (exact) mass is 329 g/mol. The highest BCUT2D eigenvalue weighted by Crippen LogP contribution is 2.22. The molecular weight excluding hydrogens is 310 g/mol. The maximum absolute atomic E-state index is 12.4. The molecule has 8 nitrogen and oxygen atoms in total. The third-order valence-corrected chi connectivity index (χ3v) is 4.02. The van der Waals surface area contributed by atoms with Crippen LogP contribution in [0.2, 0.25) is 0 Å². The van der Waals surface area contributed by atoms with E-state index in [1.807, 2.05) is 0 Å². The third-order valence-electron chi connectivity index (χ3n) is 4.02. The van der Waals surface area contributed by atoms with Gasteiger partial charge >= 0.3 is 0 Å². The van der Waals surface area contributed by atoms with E-state index in [4.69, 9.17) is 5.73 Å². The van der Waals surface area contributed by atoms with Gasteiger partial charge < -0.3 is 21.1 Å². The van der Waals surface area contributed by atoms with Crippen molar-refractivity contribution >= 4 is 11.9 Å². The molecule has 0 saturated heterocycles. The number of hydrogen-bond donors (Lipinski definition) is 4. The molecule has 1 unspecified atom stereocenters. The number of aromatic nitrogens is 3. The lowest BCUT2D eigenvalue weighted by atomic mass is 9.94. The van der Waals surface area contributed by atoms with E-state index in [1.54, 1.807) is 12.1 Å². The van der Waals surface area contributed by atoms with Crippen LogP contribution >= 0.6 is 0 Å². The highest BCUT2D eigenvalue weighted by molar-refractivity contribution is 5.94. The second-order valence-corrected chi connectivity index (χ2v) is 5.76. The molecule has 0 spiro atoms. The number of amides is 1. The van der Waals surface area contributed by atoms with Crippen molar-refractivity contribution in [1.29, 1.82) is 0 Å². The zero-order valence-corrected chi connectivity index (χ0v) is 13.1. The molecule has 2 heterocycles. The second-order valence-electron chi connectivity index (χ2n) is 5.76. The molecule has 0 aromatic carbocycles. The molecule has 1 aliphatic rings. The number of pyridine rings is 1. The lowest BCUT2D eigenvalue weighted by molar-refractivity contribution is 0.0907. The first-order valence-corrected chi connectivity index (χ1v) is 7.85. The number of nitrogen functional groups attached to an aromatic ring is 1.